The smallest absolute Gasteiger partial charge is 0.387 e. The fraction of sp³-hybridized carbons (Fsp3) is 0.500. The molecule has 3 amide bonds. The average molecular weight is 506 g/mol. The Kier molecular flexibility index (Phi) is 8.72. The number of anilines is 2. The predicted molar refractivity (Wildman–Crippen MR) is 136 cm³/mol. The number of benzene rings is 1. The standard InChI is InChI=1S/C24H35N5O5S/c1-15(30)26-20-27-18(14-35-20)13-10-16-8-11-17(12-9-16)28-24(22(2,3)4,33-19(25)31)34-21(32)29-23(5,6)7/h8-9,11-12,14,28H,10,13H2,1-7H3,(H2,25,31)(H,29,32)(H,26,27,30). The van der Waals surface area contributed by atoms with Crippen LogP contribution in [0.1, 0.15) is 59.7 Å². The summed E-state index contributed by atoms with van der Waals surface area (Å²) in [4.78, 5) is 39.9. The first kappa shape index (κ1) is 27.9. The van der Waals surface area contributed by atoms with E-state index in [4.69, 9.17) is 15.2 Å². The Morgan fingerprint density at radius 3 is 2.14 bits per heavy atom. The van der Waals surface area contributed by atoms with E-state index in [-0.39, 0.29) is 5.91 Å². The molecular formula is C24H35N5O5S. The number of ether oxygens (including phenoxy) is 2. The van der Waals surface area contributed by atoms with E-state index in [2.05, 4.69) is 20.9 Å². The van der Waals surface area contributed by atoms with Gasteiger partial charge in [-0.15, -0.1) is 11.3 Å². The number of rotatable bonds is 8. The number of nitrogens with zero attached hydrogens (tertiary/aromatic N) is 1. The zero-order valence-electron chi connectivity index (χ0n) is 21.3. The van der Waals surface area contributed by atoms with E-state index in [1.54, 1.807) is 53.7 Å². The molecule has 5 N–H and O–H groups in total. The van der Waals surface area contributed by atoms with Crippen LogP contribution in [0.5, 0.6) is 0 Å². The number of carbonyl (C=O) groups excluding carboxylic acids is 3. The van der Waals surface area contributed by atoms with Gasteiger partial charge in [0.05, 0.1) is 11.1 Å². The van der Waals surface area contributed by atoms with Crippen LogP contribution in [-0.2, 0) is 27.1 Å². The normalized spacial score (nSPS) is 13.3. The first-order chi connectivity index (χ1) is 16.1. The molecule has 0 saturated heterocycles. The molecule has 0 saturated carbocycles. The van der Waals surface area contributed by atoms with Crippen molar-refractivity contribution in [1.29, 1.82) is 0 Å². The van der Waals surface area contributed by atoms with Gasteiger partial charge in [0.1, 0.15) is 0 Å². The van der Waals surface area contributed by atoms with Crippen LogP contribution >= 0.6 is 11.3 Å². The van der Waals surface area contributed by atoms with Gasteiger partial charge in [0.2, 0.25) is 5.91 Å². The second kappa shape index (κ2) is 10.9. The molecule has 1 heterocycles. The van der Waals surface area contributed by atoms with Gasteiger partial charge in [0.15, 0.2) is 5.13 Å². The summed E-state index contributed by atoms with van der Waals surface area (Å²) in [5, 5.41) is 10.9. The topological polar surface area (TPSA) is 145 Å². The van der Waals surface area contributed by atoms with E-state index in [1.165, 1.54) is 18.3 Å². The van der Waals surface area contributed by atoms with Crippen LogP contribution in [0.2, 0.25) is 0 Å². The van der Waals surface area contributed by atoms with Crippen molar-refractivity contribution in [1.82, 2.24) is 10.3 Å². The van der Waals surface area contributed by atoms with Crippen molar-refractivity contribution in [3.8, 4) is 0 Å². The van der Waals surface area contributed by atoms with Crippen molar-refractivity contribution in [2.24, 2.45) is 11.1 Å². The molecule has 2 rings (SSSR count). The molecule has 1 aromatic carbocycles. The summed E-state index contributed by atoms with van der Waals surface area (Å²) < 4.78 is 11.0. The summed E-state index contributed by atoms with van der Waals surface area (Å²) in [5.74, 6) is -2.02. The summed E-state index contributed by atoms with van der Waals surface area (Å²) in [6, 6.07) is 7.43. The number of alkyl carbamates (subject to hydrolysis) is 1. The van der Waals surface area contributed by atoms with Gasteiger partial charge in [-0.05, 0) is 51.3 Å². The van der Waals surface area contributed by atoms with Gasteiger partial charge in [0, 0.05) is 23.5 Å². The van der Waals surface area contributed by atoms with Crippen LogP contribution < -0.4 is 21.7 Å². The number of thiazole rings is 1. The molecule has 0 bridgehead atoms. The van der Waals surface area contributed by atoms with Crippen molar-refractivity contribution in [3.63, 3.8) is 0 Å². The number of hydrogen-bond donors (Lipinski definition) is 4. The minimum Gasteiger partial charge on any atom is -0.387 e. The van der Waals surface area contributed by atoms with E-state index in [0.717, 1.165) is 17.7 Å². The van der Waals surface area contributed by atoms with Gasteiger partial charge >= 0.3 is 18.1 Å². The van der Waals surface area contributed by atoms with Gasteiger partial charge in [-0.2, -0.15) is 0 Å². The third-order valence-electron chi connectivity index (χ3n) is 4.71. The first-order valence-corrected chi connectivity index (χ1v) is 12.1. The zero-order chi connectivity index (χ0) is 26.4. The van der Waals surface area contributed by atoms with Crippen LogP contribution in [0.3, 0.4) is 0 Å². The maximum absolute atomic E-state index is 12.6. The molecule has 2 aromatic rings. The zero-order valence-corrected chi connectivity index (χ0v) is 22.1. The highest BCUT2D eigenvalue weighted by Gasteiger charge is 2.50. The monoisotopic (exact) mass is 505 g/mol. The van der Waals surface area contributed by atoms with Crippen molar-refractivity contribution in [3.05, 3.63) is 40.9 Å². The second-order valence-electron chi connectivity index (χ2n) is 10.2. The Labute approximate surface area is 210 Å². The second-order valence-corrected chi connectivity index (χ2v) is 11.1. The number of amides is 3. The largest absolute Gasteiger partial charge is 0.412 e. The summed E-state index contributed by atoms with van der Waals surface area (Å²) in [5.41, 5.74) is 6.40. The quantitative estimate of drug-likeness (QED) is 0.383. The lowest BCUT2D eigenvalue weighted by Gasteiger charge is -2.42. The SMILES string of the molecule is CC(=O)Nc1nc(CCc2ccc(NC(OC(N)=O)(OC(=O)NC(C)(C)C)C(C)(C)C)cc2)cs1. The molecule has 0 radical (unpaired) electrons. The van der Waals surface area contributed by atoms with Gasteiger partial charge < -0.3 is 31.2 Å². The lowest BCUT2D eigenvalue weighted by molar-refractivity contribution is -0.202. The summed E-state index contributed by atoms with van der Waals surface area (Å²) in [6.45, 7) is 12.1. The van der Waals surface area contributed by atoms with Crippen LogP contribution in [0.15, 0.2) is 29.6 Å². The number of carbonyl (C=O) groups is 3. The molecule has 0 aliphatic carbocycles. The predicted octanol–water partition coefficient (Wildman–Crippen LogP) is 4.62. The van der Waals surface area contributed by atoms with Crippen molar-refractivity contribution < 1.29 is 23.9 Å². The van der Waals surface area contributed by atoms with Gasteiger partial charge in [-0.3, -0.25) is 4.79 Å². The average Bonchev–Trinajstić information content (AvgIpc) is 3.11. The van der Waals surface area contributed by atoms with Crippen molar-refractivity contribution >= 4 is 40.2 Å². The number of nitrogens with one attached hydrogen (secondary N) is 3. The molecule has 11 heteroatoms. The first-order valence-electron chi connectivity index (χ1n) is 11.2. The van der Waals surface area contributed by atoms with Gasteiger partial charge in [0.25, 0.3) is 0 Å². The van der Waals surface area contributed by atoms with Crippen LogP contribution in [0.25, 0.3) is 0 Å². The highest BCUT2D eigenvalue weighted by atomic mass is 32.1. The van der Waals surface area contributed by atoms with Crippen LogP contribution in [-0.4, -0.2) is 34.5 Å². The lowest BCUT2D eigenvalue weighted by atomic mass is 9.90. The molecule has 1 aromatic heterocycles. The molecule has 10 nitrogen and oxygen atoms in total. The van der Waals surface area contributed by atoms with E-state index in [1.807, 2.05) is 17.5 Å². The molecule has 0 aliphatic heterocycles. The van der Waals surface area contributed by atoms with Gasteiger partial charge in [-0.1, -0.05) is 32.9 Å². The summed E-state index contributed by atoms with van der Waals surface area (Å²) in [7, 11) is 0. The minimum atomic E-state index is -1.86. The number of primary amides is 1. The molecule has 0 spiro atoms. The number of aromatic nitrogens is 1. The molecule has 35 heavy (non-hydrogen) atoms. The van der Waals surface area contributed by atoms with E-state index in [0.29, 0.717) is 17.2 Å². The number of aryl methyl sites for hydroxylation is 2. The highest BCUT2D eigenvalue weighted by Crippen LogP contribution is 2.36. The molecular weight excluding hydrogens is 470 g/mol. The third-order valence-corrected chi connectivity index (χ3v) is 5.52. The Morgan fingerprint density at radius 1 is 1.00 bits per heavy atom. The molecule has 0 aliphatic rings. The summed E-state index contributed by atoms with van der Waals surface area (Å²) in [6.07, 6.45) is -0.416. The molecule has 1 unspecified atom stereocenters. The van der Waals surface area contributed by atoms with Crippen LogP contribution in [0, 0.1) is 5.41 Å². The lowest BCUT2D eigenvalue weighted by Crippen LogP contribution is -2.59. The summed E-state index contributed by atoms with van der Waals surface area (Å²) >= 11 is 1.39. The Hall–Kier alpha value is -3.34. The van der Waals surface area contributed by atoms with E-state index < -0.39 is 29.1 Å². The maximum atomic E-state index is 12.6. The van der Waals surface area contributed by atoms with Crippen LogP contribution in [0.4, 0.5) is 20.4 Å². The fourth-order valence-electron chi connectivity index (χ4n) is 3.02. The fourth-order valence-corrected chi connectivity index (χ4v) is 3.81. The third kappa shape index (κ3) is 8.75. The number of nitrogens with two attached hydrogens (primary N) is 1. The molecule has 1 atom stereocenters. The van der Waals surface area contributed by atoms with E-state index in [9.17, 15) is 14.4 Å². The van der Waals surface area contributed by atoms with Crippen molar-refractivity contribution in [2.45, 2.75) is 72.8 Å². The van der Waals surface area contributed by atoms with Crippen molar-refractivity contribution in [2.75, 3.05) is 10.6 Å². The molecule has 0 fully saturated rings. The Morgan fingerprint density at radius 2 is 1.63 bits per heavy atom. The number of hydrogen-bond acceptors (Lipinski definition) is 8. The maximum Gasteiger partial charge on any atom is 0.412 e. The highest BCUT2D eigenvalue weighted by molar-refractivity contribution is 7.13. The van der Waals surface area contributed by atoms with E-state index >= 15 is 0 Å². The van der Waals surface area contributed by atoms with Gasteiger partial charge in [-0.25, -0.2) is 14.6 Å². The Bertz CT molecular complexity index is 1040. The minimum absolute atomic E-state index is 0.152. The molecule has 192 valence electrons. The Balaban J connectivity index is 2.17.